The number of carboxylic acids is 1. The van der Waals surface area contributed by atoms with Crippen LogP contribution >= 0.6 is 23.5 Å². The minimum Gasteiger partial charge on any atom is -0.480 e. The van der Waals surface area contributed by atoms with E-state index in [0.29, 0.717) is 12.2 Å². The van der Waals surface area contributed by atoms with Gasteiger partial charge in [0.1, 0.15) is 6.04 Å². The Bertz CT molecular complexity index is 270. The van der Waals surface area contributed by atoms with Gasteiger partial charge in [-0.05, 0) is 18.4 Å². The van der Waals surface area contributed by atoms with Crippen LogP contribution in [0, 0.1) is 0 Å². The number of carbonyl (C=O) groups is 2. The van der Waals surface area contributed by atoms with Gasteiger partial charge in [0.05, 0.1) is 6.04 Å². The number of carbonyl (C=O) groups excluding carboxylic acids is 1. The Kier molecular flexibility index (Phi) is 6.76. The number of hydrogen-bond acceptors (Lipinski definition) is 5. The van der Waals surface area contributed by atoms with E-state index in [4.69, 9.17) is 5.11 Å². The number of nitrogens with one attached hydrogen (secondary N) is 2. The Morgan fingerprint density at radius 3 is 2.94 bits per heavy atom. The van der Waals surface area contributed by atoms with Gasteiger partial charge >= 0.3 is 5.97 Å². The average molecular weight is 278 g/mol. The number of carboxylic acid groups (broad SMARTS) is 1. The van der Waals surface area contributed by atoms with Gasteiger partial charge in [-0.1, -0.05) is 0 Å². The van der Waals surface area contributed by atoms with Crippen LogP contribution in [0.4, 0.5) is 0 Å². The summed E-state index contributed by atoms with van der Waals surface area (Å²) in [4.78, 5) is 22.8. The van der Waals surface area contributed by atoms with Gasteiger partial charge in [0.15, 0.2) is 0 Å². The van der Waals surface area contributed by atoms with Crippen LogP contribution < -0.4 is 10.6 Å². The number of rotatable bonds is 6. The zero-order chi connectivity index (χ0) is 12.7. The van der Waals surface area contributed by atoms with Crippen molar-refractivity contribution in [2.24, 2.45) is 0 Å². The predicted octanol–water partition coefficient (Wildman–Crippen LogP) is 0.0139. The monoisotopic (exact) mass is 278 g/mol. The molecular weight excluding hydrogens is 260 g/mol. The summed E-state index contributed by atoms with van der Waals surface area (Å²) >= 11 is 3.29. The third-order valence-electron chi connectivity index (χ3n) is 2.46. The van der Waals surface area contributed by atoms with Crippen molar-refractivity contribution in [1.82, 2.24) is 10.6 Å². The molecule has 0 saturated carbocycles. The molecule has 0 bridgehead atoms. The van der Waals surface area contributed by atoms with Crippen LogP contribution in [0.25, 0.3) is 0 Å². The summed E-state index contributed by atoms with van der Waals surface area (Å²) in [5.41, 5.74) is 0. The topological polar surface area (TPSA) is 78.4 Å². The van der Waals surface area contributed by atoms with Gasteiger partial charge < -0.3 is 15.7 Å². The summed E-state index contributed by atoms with van der Waals surface area (Å²) in [7, 11) is 0. The minimum atomic E-state index is -0.962. The molecule has 0 aliphatic carbocycles. The lowest BCUT2D eigenvalue weighted by molar-refractivity contribution is -0.142. The summed E-state index contributed by atoms with van der Waals surface area (Å²) in [5.74, 6) is 1.27. The van der Waals surface area contributed by atoms with E-state index in [1.165, 1.54) is 0 Å². The second-order valence-electron chi connectivity index (χ2n) is 3.76. The van der Waals surface area contributed by atoms with Crippen molar-refractivity contribution >= 4 is 35.4 Å². The van der Waals surface area contributed by atoms with E-state index in [1.54, 1.807) is 23.5 Å². The molecule has 1 saturated heterocycles. The zero-order valence-corrected chi connectivity index (χ0v) is 11.4. The molecule has 5 nitrogen and oxygen atoms in total. The Morgan fingerprint density at radius 2 is 2.41 bits per heavy atom. The van der Waals surface area contributed by atoms with E-state index in [1.807, 2.05) is 6.26 Å². The molecule has 0 aromatic heterocycles. The number of aliphatic carboxylic acids is 1. The first-order valence-electron chi connectivity index (χ1n) is 5.48. The molecule has 0 spiro atoms. The molecule has 0 radical (unpaired) electrons. The van der Waals surface area contributed by atoms with Gasteiger partial charge in [-0.3, -0.25) is 4.79 Å². The molecule has 1 fully saturated rings. The van der Waals surface area contributed by atoms with Gasteiger partial charge in [-0.25, -0.2) is 4.79 Å². The van der Waals surface area contributed by atoms with Crippen LogP contribution in [0.3, 0.4) is 0 Å². The fourth-order valence-electron chi connectivity index (χ4n) is 1.50. The summed E-state index contributed by atoms with van der Waals surface area (Å²) in [6.45, 7) is 0.797. The predicted molar refractivity (Wildman–Crippen MR) is 71.7 cm³/mol. The van der Waals surface area contributed by atoms with Crippen molar-refractivity contribution in [3.05, 3.63) is 0 Å². The summed E-state index contributed by atoms with van der Waals surface area (Å²) in [6, 6.07) is -1.03. The van der Waals surface area contributed by atoms with Crippen LogP contribution in [0.15, 0.2) is 0 Å². The second kappa shape index (κ2) is 7.84. The Morgan fingerprint density at radius 1 is 1.65 bits per heavy atom. The molecule has 98 valence electrons. The van der Waals surface area contributed by atoms with E-state index in [0.717, 1.165) is 18.1 Å². The Balaban J connectivity index is 2.42. The zero-order valence-electron chi connectivity index (χ0n) is 9.77. The largest absolute Gasteiger partial charge is 0.480 e. The molecule has 2 unspecified atom stereocenters. The average Bonchev–Trinajstić information content (AvgIpc) is 2.35. The number of amides is 1. The molecule has 3 N–H and O–H groups in total. The van der Waals surface area contributed by atoms with Crippen molar-refractivity contribution in [3.63, 3.8) is 0 Å². The van der Waals surface area contributed by atoms with Gasteiger partial charge in [-0.2, -0.15) is 23.5 Å². The second-order valence-corrected chi connectivity index (χ2v) is 5.90. The highest BCUT2D eigenvalue weighted by atomic mass is 32.2. The molecular formula is C10H18N2O3S2. The fraction of sp³-hybridized carbons (Fsp3) is 0.800. The third-order valence-corrected chi connectivity index (χ3v) is 4.17. The molecule has 1 heterocycles. The highest BCUT2D eigenvalue weighted by Crippen LogP contribution is 2.08. The summed E-state index contributed by atoms with van der Waals surface area (Å²) in [5, 5.41) is 14.7. The maximum Gasteiger partial charge on any atom is 0.326 e. The molecule has 7 heteroatoms. The lowest BCUT2D eigenvalue weighted by Gasteiger charge is -2.24. The molecule has 0 aromatic carbocycles. The van der Waals surface area contributed by atoms with E-state index in [-0.39, 0.29) is 11.9 Å². The normalized spacial score (nSPS) is 21.8. The van der Waals surface area contributed by atoms with E-state index < -0.39 is 12.0 Å². The molecule has 0 aromatic rings. The van der Waals surface area contributed by atoms with Crippen molar-refractivity contribution < 1.29 is 14.7 Å². The van der Waals surface area contributed by atoms with Gasteiger partial charge in [0.2, 0.25) is 5.91 Å². The lowest BCUT2D eigenvalue weighted by Crippen LogP contribution is -2.53. The quantitative estimate of drug-likeness (QED) is 0.635. The van der Waals surface area contributed by atoms with Crippen molar-refractivity contribution in [2.45, 2.75) is 18.5 Å². The molecule has 1 aliphatic rings. The molecule has 1 rings (SSSR count). The van der Waals surface area contributed by atoms with Crippen LogP contribution in [0.5, 0.6) is 0 Å². The maximum atomic E-state index is 11.8. The van der Waals surface area contributed by atoms with Crippen molar-refractivity contribution in [1.29, 1.82) is 0 Å². The Labute approximate surface area is 109 Å². The lowest BCUT2D eigenvalue weighted by atomic mass is 10.2. The Hall–Kier alpha value is -0.400. The maximum absolute atomic E-state index is 11.8. The van der Waals surface area contributed by atoms with Crippen LogP contribution in [-0.4, -0.2) is 59.1 Å². The summed E-state index contributed by atoms with van der Waals surface area (Å²) < 4.78 is 0. The molecule has 1 aliphatic heterocycles. The van der Waals surface area contributed by atoms with E-state index in [2.05, 4.69) is 10.6 Å². The van der Waals surface area contributed by atoms with Gasteiger partial charge in [0, 0.05) is 18.1 Å². The number of hydrogen-bond donors (Lipinski definition) is 3. The minimum absolute atomic E-state index is 0.203. The SMILES string of the molecule is CSCCC(NC(=O)C1CSCCN1)C(=O)O. The first-order valence-corrected chi connectivity index (χ1v) is 8.03. The first-order chi connectivity index (χ1) is 8.15. The standard InChI is InChI=1S/C10H18N2O3S2/c1-16-4-2-7(10(14)15)12-9(13)8-6-17-5-3-11-8/h7-8,11H,2-6H2,1H3,(H,12,13)(H,14,15). The molecule has 2 atom stereocenters. The van der Waals surface area contributed by atoms with Gasteiger partial charge in [0.25, 0.3) is 0 Å². The van der Waals surface area contributed by atoms with Crippen LogP contribution in [-0.2, 0) is 9.59 Å². The smallest absolute Gasteiger partial charge is 0.326 e. The van der Waals surface area contributed by atoms with Crippen LogP contribution in [0.2, 0.25) is 0 Å². The summed E-state index contributed by atoms with van der Waals surface area (Å²) in [6.07, 6.45) is 2.38. The third kappa shape index (κ3) is 5.18. The number of thioether (sulfide) groups is 2. The van der Waals surface area contributed by atoms with E-state index >= 15 is 0 Å². The van der Waals surface area contributed by atoms with Gasteiger partial charge in [-0.15, -0.1) is 0 Å². The van der Waals surface area contributed by atoms with Crippen molar-refractivity contribution in [3.8, 4) is 0 Å². The molecule has 1 amide bonds. The van der Waals surface area contributed by atoms with Crippen LogP contribution in [0.1, 0.15) is 6.42 Å². The highest BCUT2D eigenvalue weighted by molar-refractivity contribution is 7.99. The van der Waals surface area contributed by atoms with E-state index in [9.17, 15) is 9.59 Å². The molecule has 17 heavy (non-hydrogen) atoms. The van der Waals surface area contributed by atoms with Crippen molar-refractivity contribution in [2.75, 3.05) is 30.1 Å². The first kappa shape index (κ1) is 14.7. The highest BCUT2D eigenvalue weighted by Gasteiger charge is 2.25. The fourth-order valence-corrected chi connectivity index (χ4v) is 2.90.